The van der Waals surface area contributed by atoms with E-state index in [4.69, 9.17) is 0 Å². The fraction of sp³-hybridized carbons (Fsp3) is 0.500. The predicted octanol–water partition coefficient (Wildman–Crippen LogP) is 1.76. The number of benzene rings is 1. The molecule has 1 aliphatic heterocycles. The maximum absolute atomic E-state index is 12.6. The first-order valence-corrected chi connectivity index (χ1v) is 9.10. The highest BCUT2D eigenvalue weighted by atomic mass is 32.2. The van der Waals surface area contributed by atoms with Crippen LogP contribution in [0.15, 0.2) is 23.1 Å². The van der Waals surface area contributed by atoms with E-state index in [-0.39, 0.29) is 16.3 Å². The standard InChI is InChI=1S/C12H17N3O4S2/c1-13-11-9-10(3-4-12(11)15(16)17)21(18,19)14-5-2-7-20-8-6-14/h3-4,9,13H,2,5-8H2,1H3. The second kappa shape index (κ2) is 6.63. The minimum atomic E-state index is -3.60. The van der Waals surface area contributed by atoms with Crippen LogP contribution in [0.3, 0.4) is 0 Å². The van der Waals surface area contributed by atoms with Gasteiger partial charge in [-0.2, -0.15) is 16.1 Å². The minimum absolute atomic E-state index is 0.0874. The molecule has 0 saturated carbocycles. The smallest absolute Gasteiger partial charge is 0.292 e. The molecule has 1 aromatic rings. The van der Waals surface area contributed by atoms with Gasteiger partial charge in [0.15, 0.2) is 0 Å². The van der Waals surface area contributed by atoms with Crippen molar-refractivity contribution in [2.75, 3.05) is 37.0 Å². The van der Waals surface area contributed by atoms with E-state index in [0.29, 0.717) is 13.1 Å². The van der Waals surface area contributed by atoms with E-state index in [1.165, 1.54) is 29.6 Å². The fourth-order valence-electron chi connectivity index (χ4n) is 2.15. The van der Waals surface area contributed by atoms with Gasteiger partial charge in [-0.1, -0.05) is 0 Å². The molecule has 0 unspecified atom stereocenters. The van der Waals surface area contributed by atoms with Crippen LogP contribution < -0.4 is 5.32 Å². The molecule has 1 aliphatic rings. The second-order valence-electron chi connectivity index (χ2n) is 4.56. The summed E-state index contributed by atoms with van der Waals surface area (Å²) in [7, 11) is -2.07. The summed E-state index contributed by atoms with van der Waals surface area (Å²) < 4.78 is 26.7. The zero-order valence-corrected chi connectivity index (χ0v) is 13.2. The Morgan fingerprint density at radius 1 is 1.33 bits per heavy atom. The average molecular weight is 331 g/mol. The number of rotatable bonds is 4. The molecule has 0 aromatic heterocycles. The van der Waals surface area contributed by atoms with E-state index in [2.05, 4.69) is 5.32 Å². The number of sulfonamides is 1. The highest BCUT2D eigenvalue weighted by molar-refractivity contribution is 7.99. The maximum atomic E-state index is 12.6. The van der Waals surface area contributed by atoms with Gasteiger partial charge < -0.3 is 5.32 Å². The Bertz CT molecular complexity index is 625. The summed E-state index contributed by atoms with van der Waals surface area (Å²) in [5, 5.41) is 13.6. The zero-order chi connectivity index (χ0) is 15.5. The van der Waals surface area contributed by atoms with Crippen molar-refractivity contribution < 1.29 is 13.3 Å². The lowest BCUT2D eigenvalue weighted by Crippen LogP contribution is -2.33. The number of anilines is 1. The molecule has 1 heterocycles. The van der Waals surface area contributed by atoms with Gasteiger partial charge in [0.2, 0.25) is 10.0 Å². The highest BCUT2D eigenvalue weighted by Gasteiger charge is 2.27. The molecule has 1 aromatic carbocycles. The molecular weight excluding hydrogens is 314 g/mol. The summed E-state index contributed by atoms with van der Waals surface area (Å²) >= 11 is 1.74. The molecule has 0 spiro atoms. The Kier molecular flexibility index (Phi) is 5.07. The Morgan fingerprint density at radius 2 is 2.10 bits per heavy atom. The van der Waals surface area contributed by atoms with Crippen molar-refractivity contribution in [2.45, 2.75) is 11.3 Å². The van der Waals surface area contributed by atoms with E-state index in [9.17, 15) is 18.5 Å². The topological polar surface area (TPSA) is 92.6 Å². The third kappa shape index (κ3) is 3.47. The molecular formula is C12H17N3O4S2. The number of nitrogens with zero attached hydrogens (tertiary/aromatic N) is 2. The first-order valence-electron chi connectivity index (χ1n) is 6.51. The van der Waals surface area contributed by atoms with Crippen molar-refractivity contribution in [3.8, 4) is 0 Å². The monoisotopic (exact) mass is 331 g/mol. The third-order valence-corrected chi connectivity index (χ3v) is 6.20. The predicted molar refractivity (Wildman–Crippen MR) is 83.3 cm³/mol. The summed E-state index contributed by atoms with van der Waals surface area (Å²) in [5.41, 5.74) is 0.0631. The molecule has 1 saturated heterocycles. The average Bonchev–Trinajstić information content (AvgIpc) is 2.75. The van der Waals surface area contributed by atoms with Gasteiger partial charge in [-0.15, -0.1) is 0 Å². The Morgan fingerprint density at radius 3 is 2.76 bits per heavy atom. The van der Waals surface area contributed by atoms with Crippen molar-refractivity contribution in [2.24, 2.45) is 0 Å². The number of nitrogens with one attached hydrogen (secondary N) is 1. The van der Waals surface area contributed by atoms with Crippen LogP contribution >= 0.6 is 11.8 Å². The molecule has 1 fully saturated rings. The van der Waals surface area contributed by atoms with E-state index >= 15 is 0 Å². The van der Waals surface area contributed by atoms with E-state index in [1.54, 1.807) is 11.8 Å². The van der Waals surface area contributed by atoms with Gasteiger partial charge in [-0.25, -0.2) is 8.42 Å². The molecule has 116 valence electrons. The molecule has 1 N–H and O–H groups in total. The van der Waals surface area contributed by atoms with Crippen LogP contribution in [-0.2, 0) is 10.0 Å². The van der Waals surface area contributed by atoms with Gasteiger partial charge in [-0.3, -0.25) is 10.1 Å². The number of hydrogen-bond acceptors (Lipinski definition) is 6. The lowest BCUT2D eigenvalue weighted by Gasteiger charge is -2.20. The normalized spacial score (nSPS) is 17.2. The lowest BCUT2D eigenvalue weighted by atomic mass is 10.3. The van der Waals surface area contributed by atoms with Crippen LogP contribution in [0.25, 0.3) is 0 Å². The number of nitro benzene ring substituents is 1. The first kappa shape index (κ1) is 16.1. The first-order chi connectivity index (χ1) is 9.96. The minimum Gasteiger partial charge on any atom is -0.383 e. The third-order valence-electron chi connectivity index (χ3n) is 3.25. The SMILES string of the molecule is CNc1cc(S(=O)(=O)N2CCCSCC2)ccc1[N+](=O)[O-]. The van der Waals surface area contributed by atoms with Gasteiger partial charge >= 0.3 is 0 Å². The van der Waals surface area contributed by atoms with Crippen molar-refractivity contribution in [1.29, 1.82) is 0 Å². The molecule has 7 nitrogen and oxygen atoms in total. The summed E-state index contributed by atoms with van der Waals surface area (Å²) in [4.78, 5) is 10.4. The second-order valence-corrected chi connectivity index (χ2v) is 7.72. The summed E-state index contributed by atoms with van der Waals surface area (Å²) in [6.07, 6.45) is 0.815. The van der Waals surface area contributed by atoms with Gasteiger partial charge in [0.05, 0.1) is 9.82 Å². The van der Waals surface area contributed by atoms with Crippen LogP contribution in [0.1, 0.15) is 6.42 Å². The highest BCUT2D eigenvalue weighted by Crippen LogP contribution is 2.29. The summed E-state index contributed by atoms with van der Waals surface area (Å²) in [6, 6.07) is 3.85. The lowest BCUT2D eigenvalue weighted by molar-refractivity contribution is -0.384. The number of nitro groups is 1. The van der Waals surface area contributed by atoms with Gasteiger partial charge in [0.1, 0.15) is 5.69 Å². The van der Waals surface area contributed by atoms with Crippen molar-refractivity contribution >= 4 is 33.2 Å². The summed E-state index contributed by atoms with van der Waals surface area (Å²) in [6.45, 7) is 0.958. The van der Waals surface area contributed by atoms with Crippen LogP contribution in [-0.4, -0.2) is 49.3 Å². The van der Waals surface area contributed by atoms with Crippen molar-refractivity contribution in [1.82, 2.24) is 4.31 Å². The van der Waals surface area contributed by atoms with Crippen molar-refractivity contribution in [3.63, 3.8) is 0 Å². The van der Waals surface area contributed by atoms with Crippen LogP contribution in [0.4, 0.5) is 11.4 Å². The number of hydrogen-bond donors (Lipinski definition) is 1. The van der Waals surface area contributed by atoms with E-state index in [0.717, 1.165) is 17.9 Å². The molecule has 21 heavy (non-hydrogen) atoms. The van der Waals surface area contributed by atoms with Crippen molar-refractivity contribution in [3.05, 3.63) is 28.3 Å². The van der Waals surface area contributed by atoms with Gasteiger partial charge in [0.25, 0.3) is 5.69 Å². The van der Waals surface area contributed by atoms with E-state index in [1.807, 2.05) is 0 Å². The van der Waals surface area contributed by atoms with Gasteiger partial charge in [0, 0.05) is 32.0 Å². The zero-order valence-electron chi connectivity index (χ0n) is 11.6. The molecule has 0 bridgehead atoms. The molecule has 0 radical (unpaired) electrons. The Balaban J connectivity index is 2.37. The largest absolute Gasteiger partial charge is 0.383 e. The number of thioether (sulfide) groups is 1. The molecule has 2 rings (SSSR count). The quantitative estimate of drug-likeness (QED) is 0.667. The molecule has 9 heteroatoms. The van der Waals surface area contributed by atoms with Crippen LogP contribution in [0.5, 0.6) is 0 Å². The molecule has 0 atom stereocenters. The van der Waals surface area contributed by atoms with Crippen LogP contribution in [0.2, 0.25) is 0 Å². The Labute approximate surface area is 127 Å². The Hall–Kier alpha value is -1.32. The van der Waals surface area contributed by atoms with Gasteiger partial charge in [-0.05, 0) is 24.3 Å². The van der Waals surface area contributed by atoms with E-state index < -0.39 is 14.9 Å². The molecule has 0 amide bonds. The molecule has 0 aliphatic carbocycles. The summed E-state index contributed by atoms with van der Waals surface area (Å²) in [5.74, 6) is 1.72. The maximum Gasteiger partial charge on any atom is 0.292 e. The van der Waals surface area contributed by atoms with Crippen LogP contribution in [0, 0.1) is 10.1 Å². The fourth-order valence-corrected chi connectivity index (χ4v) is 4.66.